The molecule has 1 atom stereocenters. The topological polar surface area (TPSA) is 71.0 Å². The number of nitrogens with zero attached hydrogens (tertiary/aromatic N) is 1. The van der Waals surface area contributed by atoms with Crippen LogP contribution < -0.4 is 14.8 Å². The third-order valence-corrected chi connectivity index (χ3v) is 5.31. The number of fused-ring (bicyclic) bond motifs is 1. The van der Waals surface area contributed by atoms with E-state index in [1.807, 2.05) is 24.0 Å². The standard InChI is InChI=1S/C23H24F2N2O4/c1-13-3-6-16-12-17(28)7-8-27(16)18(9-13)14-10-19(30-2)21(20(11-14)31-23(24)25)22(29)26-15-4-5-15/h6-13,15,23,28H,3-5H2,1-2H3,(H,26,29). The number of nitrogens with one attached hydrogen (secondary N) is 1. The molecule has 31 heavy (non-hydrogen) atoms. The average Bonchev–Trinajstić information content (AvgIpc) is 3.54. The lowest BCUT2D eigenvalue weighted by Gasteiger charge is -2.27. The van der Waals surface area contributed by atoms with Crippen molar-refractivity contribution in [2.24, 2.45) is 5.92 Å². The van der Waals surface area contributed by atoms with Gasteiger partial charge in [0.25, 0.3) is 5.91 Å². The molecular formula is C23H24F2N2O4. The van der Waals surface area contributed by atoms with Gasteiger partial charge in [-0.25, -0.2) is 0 Å². The van der Waals surface area contributed by atoms with Crippen molar-refractivity contribution in [3.05, 3.63) is 65.2 Å². The highest BCUT2D eigenvalue weighted by molar-refractivity contribution is 6.00. The normalized spacial score (nSPS) is 20.4. The molecule has 0 radical (unpaired) electrons. The Bertz CT molecular complexity index is 1010. The van der Waals surface area contributed by atoms with E-state index < -0.39 is 12.5 Å². The number of allylic oxidation sites excluding steroid dienone is 4. The number of carbonyl (C=O) groups is 1. The molecule has 2 aliphatic heterocycles. The number of alkyl halides is 2. The van der Waals surface area contributed by atoms with E-state index in [1.165, 1.54) is 13.2 Å². The number of aliphatic hydroxyl groups is 1. The Kier molecular flexibility index (Phi) is 5.71. The number of amides is 1. The second-order valence-electron chi connectivity index (χ2n) is 7.83. The van der Waals surface area contributed by atoms with Crippen LogP contribution in [0.2, 0.25) is 0 Å². The fourth-order valence-corrected chi connectivity index (χ4v) is 3.64. The predicted molar refractivity (Wildman–Crippen MR) is 112 cm³/mol. The summed E-state index contributed by atoms with van der Waals surface area (Å²) in [6.45, 7) is -1.06. The minimum atomic E-state index is -3.10. The van der Waals surface area contributed by atoms with Gasteiger partial charge in [-0.2, -0.15) is 8.78 Å². The molecule has 1 amide bonds. The van der Waals surface area contributed by atoms with Gasteiger partial charge in [0, 0.05) is 35.3 Å². The third kappa shape index (κ3) is 4.57. The summed E-state index contributed by atoms with van der Waals surface area (Å²) >= 11 is 0. The maximum atomic E-state index is 13.2. The van der Waals surface area contributed by atoms with E-state index in [2.05, 4.69) is 5.32 Å². The molecule has 0 aromatic heterocycles. The van der Waals surface area contributed by atoms with E-state index in [-0.39, 0.29) is 34.8 Å². The van der Waals surface area contributed by atoms with Gasteiger partial charge in [0.15, 0.2) is 0 Å². The first-order valence-corrected chi connectivity index (χ1v) is 10.1. The van der Waals surface area contributed by atoms with Crippen molar-refractivity contribution in [1.82, 2.24) is 10.2 Å². The van der Waals surface area contributed by atoms with Crippen molar-refractivity contribution in [2.75, 3.05) is 7.11 Å². The summed E-state index contributed by atoms with van der Waals surface area (Å²) in [7, 11) is 1.39. The van der Waals surface area contributed by atoms with Gasteiger partial charge in [-0.3, -0.25) is 4.79 Å². The number of rotatable bonds is 6. The van der Waals surface area contributed by atoms with Gasteiger partial charge in [0.05, 0.1) is 7.11 Å². The molecule has 1 saturated carbocycles. The van der Waals surface area contributed by atoms with Crippen LogP contribution in [0.3, 0.4) is 0 Å². The SMILES string of the molecule is COc1cc(C2=CC(C)CC=C3C=C(O)C=CN32)cc(OC(F)F)c1C(=O)NC1CC1. The Hall–Kier alpha value is -3.29. The van der Waals surface area contributed by atoms with Gasteiger partial charge in [-0.05, 0) is 43.4 Å². The van der Waals surface area contributed by atoms with Crippen LogP contribution in [-0.4, -0.2) is 35.7 Å². The van der Waals surface area contributed by atoms with Crippen LogP contribution >= 0.6 is 0 Å². The molecule has 1 fully saturated rings. The highest BCUT2D eigenvalue weighted by Crippen LogP contribution is 2.39. The lowest BCUT2D eigenvalue weighted by Crippen LogP contribution is -2.27. The Labute approximate surface area is 179 Å². The zero-order valence-electron chi connectivity index (χ0n) is 17.3. The van der Waals surface area contributed by atoms with Gasteiger partial charge in [0.2, 0.25) is 0 Å². The number of ether oxygens (including phenoxy) is 2. The molecule has 2 N–H and O–H groups in total. The van der Waals surface area contributed by atoms with Gasteiger partial charge >= 0.3 is 6.61 Å². The number of hydrogen-bond donors (Lipinski definition) is 2. The molecule has 4 rings (SSSR count). The number of methoxy groups -OCH3 is 1. The number of carbonyl (C=O) groups excluding carboxylic acids is 1. The number of halogens is 2. The summed E-state index contributed by atoms with van der Waals surface area (Å²) in [4.78, 5) is 14.6. The van der Waals surface area contributed by atoms with Crippen LogP contribution in [0.5, 0.6) is 11.5 Å². The monoisotopic (exact) mass is 430 g/mol. The zero-order chi connectivity index (χ0) is 22.1. The van der Waals surface area contributed by atoms with Crippen LogP contribution in [0, 0.1) is 5.92 Å². The largest absolute Gasteiger partial charge is 0.508 e. The minimum Gasteiger partial charge on any atom is -0.508 e. The number of benzene rings is 1. The van der Waals surface area contributed by atoms with E-state index in [1.54, 1.807) is 24.4 Å². The summed E-state index contributed by atoms with van der Waals surface area (Å²) < 4.78 is 36.6. The third-order valence-electron chi connectivity index (χ3n) is 5.31. The predicted octanol–water partition coefficient (Wildman–Crippen LogP) is 4.72. The highest BCUT2D eigenvalue weighted by atomic mass is 19.3. The fraction of sp³-hybridized carbons (Fsp3) is 0.348. The van der Waals surface area contributed by atoms with E-state index in [4.69, 9.17) is 9.47 Å². The molecule has 2 heterocycles. The molecule has 164 valence electrons. The first kappa shape index (κ1) is 21.0. The molecule has 1 aromatic carbocycles. The summed E-state index contributed by atoms with van der Waals surface area (Å²) in [5.74, 6) is -0.321. The maximum Gasteiger partial charge on any atom is 0.387 e. The summed E-state index contributed by atoms with van der Waals surface area (Å²) in [5, 5.41) is 12.7. The van der Waals surface area contributed by atoms with Gasteiger partial charge in [-0.1, -0.05) is 19.1 Å². The summed E-state index contributed by atoms with van der Waals surface area (Å²) in [5.41, 5.74) is 1.97. The second-order valence-corrected chi connectivity index (χ2v) is 7.83. The van der Waals surface area contributed by atoms with Crippen LogP contribution in [0.15, 0.2) is 54.1 Å². The zero-order valence-corrected chi connectivity index (χ0v) is 17.3. The minimum absolute atomic E-state index is 0.0485. The van der Waals surface area contributed by atoms with Crippen molar-refractivity contribution in [3.63, 3.8) is 0 Å². The van der Waals surface area contributed by atoms with Crippen molar-refractivity contribution in [3.8, 4) is 11.5 Å². The van der Waals surface area contributed by atoms with Crippen LogP contribution in [-0.2, 0) is 0 Å². The Morgan fingerprint density at radius 2 is 2.03 bits per heavy atom. The van der Waals surface area contributed by atoms with Crippen LogP contribution in [0.25, 0.3) is 5.70 Å². The highest BCUT2D eigenvalue weighted by Gasteiger charge is 2.30. The molecule has 1 unspecified atom stereocenters. The van der Waals surface area contributed by atoms with E-state index in [0.29, 0.717) is 11.3 Å². The second kappa shape index (κ2) is 8.45. The van der Waals surface area contributed by atoms with Gasteiger partial charge in [-0.15, -0.1) is 0 Å². The van der Waals surface area contributed by atoms with Crippen molar-refractivity contribution in [2.45, 2.75) is 38.8 Å². The Balaban J connectivity index is 1.81. The molecule has 8 heteroatoms. The summed E-state index contributed by atoms with van der Waals surface area (Å²) in [6.07, 6.45) is 11.4. The number of aliphatic hydroxyl groups excluding tert-OH is 1. The van der Waals surface area contributed by atoms with E-state index >= 15 is 0 Å². The molecule has 0 bridgehead atoms. The van der Waals surface area contributed by atoms with Crippen molar-refractivity contribution < 1.29 is 28.2 Å². The molecule has 3 aliphatic rings. The van der Waals surface area contributed by atoms with Gasteiger partial charge in [0.1, 0.15) is 22.8 Å². The first-order valence-electron chi connectivity index (χ1n) is 10.1. The first-order chi connectivity index (χ1) is 14.9. The van der Waals surface area contributed by atoms with Gasteiger partial charge < -0.3 is 24.8 Å². The lowest BCUT2D eigenvalue weighted by atomic mass is 10.0. The molecular weight excluding hydrogens is 406 g/mol. The van der Waals surface area contributed by atoms with E-state index in [0.717, 1.165) is 25.0 Å². The Morgan fingerprint density at radius 1 is 1.29 bits per heavy atom. The number of hydrogen-bond acceptors (Lipinski definition) is 5. The van der Waals surface area contributed by atoms with Crippen molar-refractivity contribution >= 4 is 11.6 Å². The molecule has 0 saturated heterocycles. The quantitative estimate of drug-likeness (QED) is 0.683. The molecule has 6 nitrogen and oxygen atoms in total. The van der Waals surface area contributed by atoms with E-state index in [9.17, 15) is 18.7 Å². The molecule has 1 aromatic rings. The Morgan fingerprint density at radius 3 is 2.71 bits per heavy atom. The average molecular weight is 430 g/mol. The lowest BCUT2D eigenvalue weighted by molar-refractivity contribution is -0.0502. The van der Waals surface area contributed by atoms with Crippen molar-refractivity contribution in [1.29, 1.82) is 0 Å². The summed E-state index contributed by atoms with van der Waals surface area (Å²) in [6, 6.07) is 3.13. The smallest absolute Gasteiger partial charge is 0.387 e. The van der Waals surface area contributed by atoms with Crippen LogP contribution in [0.4, 0.5) is 8.78 Å². The molecule has 1 aliphatic carbocycles. The molecule has 0 spiro atoms. The van der Waals surface area contributed by atoms with Crippen LogP contribution in [0.1, 0.15) is 42.1 Å². The maximum absolute atomic E-state index is 13.2. The fourth-order valence-electron chi connectivity index (χ4n) is 3.64.